The highest BCUT2D eigenvalue weighted by atomic mass is 16.3. The van der Waals surface area contributed by atoms with Crippen LogP contribution in [0.3, 0.4) is 0 Å². The molecule has 0 atom stereocenters. The predicted octanol–water partition coefficient (Wildman–Crippen LogP) is 3.32. The van der Waals surface area contributed by atoms with Crippen molar-refractivity contribution >= 4 is 5.78 Å². The Bertz CT molecular complexity index is 792. The molecule has 3 rings (SSSR count). The summed E-state index contributed by atoms with van der Waals surface area (Å²) in [6.45, 7) is 1.86. The molecule has 0 aliphatic heterocycles. The topological polar surface area (TPSA) is 66.0 Å². The van der Waals surface area contributed by atoms with Crippen LogP contribution in [0.5, 0.6) is 5.75 Å². The number of carbonyl (C=O) groups excluding carboxylic acids is 1. The molecule has 0 aliphatic rings. The number of hydrogen-bond acceptors (Lipinski definition) is 3. The monoisotopic (exact) mass is 278 g/mol. The van der Waals surface area contributed by atoms with Gasteiger partial charge in [-0.1, -0.05) is 36.4 Å². The van der Waals surface area contributed by atoms with E-state index in [1.54, 1.807) is 24.3 Å². The SMILES string of the molecule is Cc1ccc(C(=O)c2cc(-c3ccccc3)n[nH]2)c(O)c1. The summed E-state index contributed by atoms with van der Waals surface area (Å²) in [5.41, 5.74) is 3.15. The van der Waals surface area contributed by atoms with Crippen LogP contribution in [0.15, 0.2) is 54.6 Å². The van der Waals surface area contributed by atoms with Gasteiger partial charge >= 0.3 is 0 Å². The molecule has 0 aliphatic carbocycles. The van der Waals surface area contributed by atoms with Crippen molar-refractivity contribution in [2.45, 2.75) is 6.92 Å². The van der Waals surface area contributed by atoms with Crippen molar-refractivity contribution in [2.75, 3.05) is 0 Å². The average molecular weight is 278 g/mol. The van der Waals surface area contributed by atoms with Gasteiger partial charge in [-0.3, -0.25) is 9.89 Å². The van der Waals surface area contributed by atoms with E-state index < -0.39 is 0 Å². The molecule has 104 valence electrons. The van der Waals surface area contributed by atoms with Gasteiger partial charge in [0, 0.05) is 5.56 Å². The van der Waals surface area contributed by atoms with Crippen molar-refractivity contribution in [3.63, 3.8) is 0 Å². The number of hydrogen-bond donors (Lipinski definition) is 2. The molecule has 4 nitrogen and oxygen atoms in total. The molecule has 0 radical (unpaired) electrons. The lowest BCUT2D eigenvalue weighted by molar-refractivity contribution is 0.103. The van der Waals surface area contributed by atoms with E-state index >= 15 is 0 Å². The first-order valence-electron chi connectivity index (χ1n) is 6.60. The first-order chi connectivity index (χ1) is 10.1. The Hall–Kier alpha value is -2.88. The number of aromatic hydroxyl groups is 1. The van der Waals surface area contributed by atoms with Crippen LogP contribution in [-0.2, 0) is 0 Å². The highest BCUT2D eigenvalue weighted by molar-refractivity contribution is 6.09. The standard InChI is InChI=1S/C17H14N2O2/c1-11-7-8-13(16(20)9-11)17(21)15-10-14(18-19-15)12-5-3-2-4-6-12/h2-10,20H,1H3,(H,18,19). The van der Waals surface area contributed by atoms with Crippen molar-refractivity contribution < 1.29 is 9.90 Å². The number of nitrogens with zero attached hydrogens (tertiary/aromatic N) is 1. The third kappa shape index (κ3) is 2.56. The molecule has 21 heavy (non-hydrogen) atoms. The lowest BCUT2D eigenvalue weighted by Crippen LogP contribution is -2.02. The molecular weight excluding hydrogens is 264 g/mol. The van der Waals surface area contributed by atoms with Gasteiger partial charge in [0.15, 0.2) is 0 Å². The number of phenols is 1. The molecular formula is C17H14N2O2. The van der Waals surface area contributed by atoms with Crippen LogP contribution >= 0.6 is 0 Å². The van der Waals surface area contributed by atoms with Crippen molar-refractivity contribution in [2.24, 2.45) is 0 Å². The van der Waals surface area contributed by atoms with Gasteiger partial charge < -0.3 is 5.11 Å². The van der Waals surface area contributed by atoms with E-state index in [1.807, 2.05) is 37.3 Å². The Morgan fingerprint density at radius 3 is 2.57 bits per heavy atom. The third-order valence-electron chi connectivity index (χ3n) is 3.29. The van der Waals surface area contributed by atoms with Crippen LogP contribution in [0, 0.1) is 6.92 Å². The van der Waals surface area contributed by atoms with Gasteiger partial charge in [0.25, 0.3) is 0 Å². The molecule has 1 aromatic heterocycles. The van der Waals surface area contributed by atoms with Gasteiger partial charge in [-0.05, 0) is 30.7 Å². The summed E-state index contributed by atoms with van der Waals surface area (Å²) in [4.78, 5) is 12.4. The zero-order valence-electron chi connectivity index (χ0n) is 11.5. The first-order valence-corrected chi connectivity index (χ1v) is 6.60. The Morgan fingerprint density at radius 1 is 1.10 bits per heavy atom. The summed E-state index contributed by atoms with van der Waals surface area (Å²) in [6, 6.07) is 16.3. The molecule has 0 unspecified atom stereocenters. The average Bonchev–Trinajstić information content (AvgIpc) is 2.97. The van der Waals surface area contributed by atoms with E-state index in [2.05, 4.69) is 10.2 Å². The number of aryl methyl sites for hydroxylation is 1. The smallest absolute Gasteiger partial charge is 0.214 e. The second-order valence-corrected chi connectivity index (χ2v) is 4.88. The van der Waals surface area contributed by atoms with Gasteiger partial charge in [-0.15, -0.1) is 0 Å². The summed E-state index contributed by atoms with van der Waals surface area (Å²) in [5.74, 6) is -0.293. The van der Waals surface area contributed by atoms with Crippen LogP contribution in [0.25, 0.3) is 11.3 Å². The first kappa shape index (κ1) is 13.1. The molecule has 0 fully saturated rings. The van der Waals surface area contributed by atoms with Crippen LogP contribution < -0.4 is 0 Å². The molecule has 2 aromatic carbocycles. The fraction of sp³-hybridized carbons (Fsp3) is 0.0588. The second-order valence-electron chi connectivity index (χ2n) is 4.88. The highest BCUT2D eigenvalue weighted by Gasteiger charge is 2.16. The van der Waals surface area contributed by atoms with Crippen molar-refractivity contribution in [1.29, 1.82) is 0 Å². The zero-order chi connectivity index (χ0) is 14.8. The molecule has 0 saturated heterocycles. The fourth-order valence-electron chi connectivity index (χ4n) is 2.17. The van der Waals surface area contributed by atoms with Crippen molar-refractivity contribution in [1.82, 2.24) is 10.2 Å². The van der Waals surface area contributed by atoms with Gasteiger partial charge in [-0.2, -0.15) is 5.10 Å². The molecule has 0 amide bonds. The van der Waals surface area contributed by atoms with E-state index in [4.69, 9.17) is 0 Å². The number of carbonyl (C=O) groups is 1. The van der Waals surface area contributed by atoms with Crippen LogP contribution in [0.1, 0.15) is 21.6 Å². The minimum absolute atomic E-state index is 0.0177. The van der Waals surface area contributed by atoms with Gasteiger partial charge in [0.05, 0.1) is 11.3 Å². The molecule has 4 heteroatoms. The number of aromatic nitrogens is 2. The number of aromatic amines is 1. The van der Waals surface area contributed by atoms with E-state index in [1.165, 1.54) is 0 Å². The van der Waals surface area contributed by atoms with Gasteiger partial charge in [-0.25, -0.2) is 0 Å². The van der Waals surface area contributed by atoms with Crippen molar-refractivity contribution in [3.05, 3.63) is 71.4 Å². The number of benzene rings is 2. The van der Waals surface area contributed by atoms with Crippen LogP contribution in [-0.4, -0.2) is 21.1 Å². The van der Waals surface area contributed by atoms with Gasteiger partial charge in [0.1, 0.15) is 11.4 Å². The quantitative estimate of drug-likeness (QED) is 0.722. The maximum Gasteiger partial charge on any atom is 0.214 e. The summed E-state index contributed by atoms with van der Waals surface area (Å²) in [7, 11) is 0. The summed E-state index contributed by atoms with van der Waals surface area (Å²) >= 11 is 0. The van der Waals surface area contributed by atoms with Crippen molar-refractivity contribution in [3.8, 4) is 17.0 Å². The fourth-order valence-corrected chi connectivity index (χ4v) is 2.17. The number of H-pyrrole nitrogens is 1. The molecule has 3 aromatic rings. The van der Waals surface area contributed by atoms with E-state index in [-0.39, 0.29) is 17.1 Å². The highest BCUT2D eigenvalue weighted by Crippen LogP contribution is 2.23. The zero-order valence-corrected chi connectivity index (χ0v) is 11.5. The largest absolute Gasteiger partial charge is 0.507 e. The summed E-state index contributed by atoms with van der Waals surface area (Å²) < 4.78 is 0. The molecule has 2 N–H and O–H groups in total. The summed E-state index contributed by atoms with van der Waals surface area (Å²) in [6.07, 6.45) is 0. The lowest BCUT2D eigenvalue weighted by atomic mass is 10.0. The van der Waals surface area contributed by atoms with Crippen LogP contribution in [0.4, 0.5) is 0 Å². The third-order valence-corrected chi connectivity index (χ3v) is 3.29. The number of phenolic OH excluding ortho intramolecular Hbond substituents is 1. The Balaban J connectivity index is 1.94. The predicted molar refractivity (Wildman–Crippen MR) is 80.3 cm³/mol. The Labute approximate surface area is 122 Å². The minimum atomic E-state index is -0.276. The Morgan fingerprint density at radius 2 is 1.86 bits per heavy atom. The van der Waals surface area contributed by atoms with Crippen LogP contribution in [0.2, 0.25) is 0 Å². The number of rotatable bonds is 3. The lowest BCUT2D eigenvalue weighted by Gasteiger charge is -2.02. The van der Waals surface area contributed by atoms with E-state index in [0.29, 0.717) is 11.4 Å². The maximum atomic E-state index is 12.4. The Kier molecular flexibility index (Phi) is 3.28. The molecule has 0 spiro atoms. The van der Waals surface area contributed by atoms with E-state index in [0.717, 1.165) is 11.1 Å². The molecule has 1 heterocycles. The maximum absolute atomic E-state index is 12.4. The van der Waals surface area contributed by atoms with E-state index in [9.17, 15) is 9.90 Å². The molecule has 0 saturated carbocycles. The minimum Gasteiger partial charge on any atom is -0.507 e. The normalized spacial score (nSPS) is 10.5. The second kappa shape index (κ2) is 5.25. The van der Waals surface area contributed by atoms with Gasteiger partial charge in [0.2, 0.25) is 5.78 Å². The summed E-state index contributed by atoms with van der Waals surface area (Å²) in [5, 5.41) is 16.8. The number of nitrogens with one attached hydrogen (secondary N) is 1. The molecule has 0 bridgehead atoms. The number of ketones is 1.